The average molecular weight is 422 g/mol. The minimum absolute atomic E-state index is 0.278. The van der Waals surface area contributed by atoms with Crippen LogP contribution in [0.3, 0.4) is 0 Å². The van der Waals surface area contributed by atoms with Crippen molar-refractivity contribution in [2.75, 3.05) is 56.2 Å². The van der Waals surface area contributed by atoms with Gasteiger partial charge in [0.05, 0.1) is 13.2 Å². The lowest BCUT2D eigenvalue weighted by Gasteiger charge is -2.29. The van der Waals surface area contributed by atoms with E-state index in [0.717, 1.165) is 50.0 Å². The number of hydrogen-bond donors (Lipinski definition) is 0. The first-order valence-corrected chi connectivity index (χ1v) is 10.0. The topological polar surface area (TPSA) is 57.6 Å². The Morgan fingerprint density at radius 2 is 1.93 bits per heavy atom. The van der Waals surface area contributed by atoms with Crippen molar-refractivity contribution in [1.29, 1.82) is 0 Å². The van der Waals surface area contributed by atoms with Gasteiger partial charge in [-0.2, -0.15) is 18.2 Å². The van der Waals surface area contributed by atoms with Crippen molar-refractivity contribution in [1.82, 2.24) is 19.9 Å². The number of halogens is 3. The predicted octanol–water partition coefficient (Wildman–Crippen LogP) is 2.44. The first-order valence-electron chi connectivity index (χ1n) is 10.0. The highest BCUT2D eigenvalue weighted by Gasteiger charge is 2.32. The fourth-order valence-electron chi connectivity index (χ4n) is 3.85. The van der Waals surface area contributed by atoms with Gasteiger partial charge >= 0.3 is 6.18 Å². The van der Waals surface area contributed by atoms with Crippen LogP contribution in [0.2, 0.25) is 0 Å². The van der Waals surface area contributed by atoms with E-state index in [4.69, 9.17) is 9.72 Å². The van der Waals surface area contributed by atoms with Gasteiger partial charge in [-0.1, -0.05) is 6.07 Å². The Labute approximate surface area is 173 Å². The molecule has 0 N–H and O–H groups in total. The van der Waals surface area contributed by atoms with Crippen LogP contribution in [0.15, 0.2) is 30.6 Å². The number of ether oxygens (including phenoxy) is 1. The van der Waals surface area contributed by atoms with Crippen molar-refractivity contribution in [3.05, 3.63) is 41.9 Å². The third-order valence-corrected chi connectivity index (χ3v) is 5.60. The van der Waals surface area contributed by atoms with Crippen molar-refractivity contribution < 1.29 is 17.9 Å². The van der Waals surface area contributed by atoms with Gasteiger partial charge in [0, 0.05) is 58.2 Å². The molecule has 1 unspecified atom stereocenters. The lowest BCUT2D eigenvalue weighted by molar-refractivity contribution is -0.141. The van der Waals surface area contributed by atoms with E-state index in [2.05, 4.69) is 24.7 Å². The maximum absolute atomic E-state index is 12.7. The molecule has 2 aromatic heterocycles. The predicted molar refractivity (Wildman–Crippen MR) is 106 cm³/mol. The van der Waals surface area contributed by atoms with Crippen LogP contribution in [0, 0.1) is 0 Å². The van der Waals surface area contributed by atoms with Crippen LogP contribution in [-0.4, -0.2) is 72.3 Å². The van der Waals surface area contributed by atoms with Crippen molar-refractivity contribution in [3.8, 4) is 0 Å². The molecule has 0 aromatic carbocycles. The van der Waals surface area contributed by atoms with Gasteiger partial charge in [-0.05, 0) is 24.1 Å². The summed E-state index contributed by atoms with van der Waals surface area (Å²) >= 11 is 0. The third kappa shape index (κ3) is 4.81. The molecule has 4 rings (SSSR count). The van der Waals surface area contributed by atoms with E-state index in [1.807, 2.05) is 13.1 Å². The summed E-state index contributed by atoms with van der Waals surface area (Å²) in [5.74, 6) is 1.59. The van der Waals surface area contributed by atoms with Crippen LogP contribution in [0.4, 0.5) is 24.9 Å². The van der Waals surface area contributed by atoms with Crippen molar-refractivity contribution >= 4 is 11.8 Å². The molecular formula is C20H25F3N6O. The normalized spacial score (nSPS) is 20.5. The summed E-state index contributed by atoms with van der Waals surface area (Å²) in [5.41, 5.74) is -0.0759. The summed E-state index contributed by atoms with van der Waals surface area (Å²) < 4.78 is 43.4. The molecule has 0 bridgehead atoms. The van der Waals surface area contributed by atoms with Gasteiger partial charge in [0.25, 0.3) is 0 Å². The molecule has 10 heteroatoms. The third-order valence-electron chi connectivity index (χ3n) is 5.60. The van der Waals surface area contributed by atoms with Crippen LogP contribution in [0.1, 0.15) is 17.7 Å². The number of pyridine rings is 1. The maximum atomic E-state index is 12.7. The van der Waals surface area contributed by atoms with E-state index in [1.165, 1.54) is 12.3 Å². The zero-order valence-electron chi connectivity index (χ0n) is 16.8. The van der Waals surface area contributed by atoms with Crippen molar-refractivity contribution in [2.45, 2.75) is 25.2 Å². The molecule has 2 saturated heterocycles. The van der Waals surface area contributed by atoms with Gasteiger partial charge in [-0.15, -0.1) is 0 Å². The van der Waals surface area contributed by atoms with E-state index < -0.39 is 11.9 Å². The molecule has 4 heterocycles. The van der Waals surface area contributed by atoms with Gasteiger partial charge in [0.2, 0.25) is 5.95 Å². The summed E-state index contributed by atoms with van der Waals surface area (Å²) in [5, 5.41) is 0. The Morgan fingerprint density at radius 1 is 1.13 bits per heavy atom. The van der Waals surface area contributed by atoms with E-state index in [1.54, 1.807) is 6.20 Å². The number of aromatic nitrogens is 3. The second kappa shape index (κ2) is 8.73. The molecule has 30 heavy (non-hydrogen) atoms. The second-order valence-corrected chi connectivity index (χ2v) is 7.65. The Kier molecular flexibility index (Phi) is 6.05. The molecule has 7 nitrogen and oxygen atoms in total. The quantitative estimate of drug-likeness (QED) is 0.734. The molecule has 0 saturated carbocycles. The van der Waals surface area contributed by atoms with Gasteiger partial charge in [0.15, 0.2) is 0 Å². The monoisotopic (exact) mass is 422 g/mol. The van der Waals surface area contributed by atoms with Gasteiger partial charge in [0.1, 0.15) is 11.5 Å². The Balaban J connectivity index is 1.36. The van der Waals surface area contributed by atoms with Crippen LogP contribution < -0.4 is 9.80 Å². The molecule has 2 aliphatic heterocycles. The zero-order valence-corrected chi connectivity index (χ0v) is 16.8. The van der Waals surface area contributed by atoms with Crippen molar-refractivity contribution in [3.63, 3.8) is 0 Å². The SMILES string of the molecule is CN(c1ccnc(N2CCOCC2)n1)C1CCN(Cc2ccc(C(F)(F)F)nc2)C1. The number of nitrogens with zero attached hydrogens (tertiary/aromatic N) is 6. The summed E-state index contributed by atoms with van der Waals surface area (Å²) in [6.07, 6.45) is -0.345. The Hall–Kier alpha value is -2.46. The minimum atomic E-state index is -4.41. The highest BCUT2D eigenvalue weighted by molar-refractivity contribution is 5.44. The van der Waals surface area contributed by atoms with Gasteiger partial charge < -0.3 is 14.5 Å². The summed E-state index contributed by atoms with van der Waals surface area (Å²) in [6.45, 7) is 5.20. The van der Waals surface area contributed by atoms with E-state index in [-0.39, 0.29) is 6.04 Å². The molecular weight excluding hydrogens is 397 g/mol. The highest BCUT2D eigenvalue weighted by atomic mass is 19.4. The number of likely N-dealkylation sites (tertiary alicyclic amines) is 1. The van der Waals surface area contributed by atoms with E-state index >= 15 is 0 Å². The smallest absolute Gasteiger partial charge is 0.378 e. The van der Waals surface area contributed by atoms with Crippen molar-refractivity contribution in [2.24, 2.45) is 0 Å². The fraction of sp³-hybridized carbons (Fsp3) is 0.550. The molecule has 0 aliphatic carbocycles. The van der Waals surface area contributed by atoms with E-state index in [9.17, 15) is 13.2 Å². The molecule has 2 aromatic rings. The van der Waals surface area contributed by atoms with E-state index in [0.29, 0.717) is 25.7 Å². The maximum Gasteiger partial charge on any atom is 0.433 e. The number of rotatable bonds is 5. The number of hydrogen-bond acceptors (Lipinski definition) is 7. The fourth-order valence-corrected chi connectivity index (χ4v) is 3.85. The highest BCUT2D eigenvalue weighted by Crippen LogP contribution is 2.28. The Bertz CT molecular complexity index is 841. The number of alkyl halides is 3. The van der Waals surface area contributed by atoms with Crippen LogP contribution in [0.25, 0.3) is 0 Å². The molecule has 2 aliphatic rings. The number of likely N-dealkylation sites (N-methyl/N-ethyl adjacent to an activating group) is 1. The lowest BCUT2D eigenvalue weighted by atomic mass is 10.2. The molecule has 162 valence electrons. The molecule has 2 fully saturated rings. The van der Waals surface area contributed by atoms with Crippen LogP contribution in [-0.2, 0) is 17.5 Å². The summed E-state index contributed by atoms with van der Waals surface area (Å²) in [6, 6.07) is 4.74. The zero-order chi connectivity index (χ0) is 21.1. The summed E-state index contributed by atoms with van der Waals surface area (Å²) in [7, 11) is 2.03. The molecule has 0 amide bonds. The summed E-state index contributed by atoms with van der Waals surface area (Å²) in [4.78, 5) is 19.2. The molecule has 0 radical (unpaired) electrons. The number of morpholine rings is 1. The largest absolute Gasteiger partial charge is 0.433 e. The first-order chi connectivity index (χ1) is 14.4. The first kappa shape index (κ1) is 20.8. The minimum Gasteiger partial charge on any atom is -0.378 e. The standard InChI is InChI=1S/C20H25F3N6O/c1-27(18-4-6-24-19(26-18)29-8-10-30-11-9-29)16-5-7-28(14-16)13-15-2-3-17(25-12-15)20(21,22)23/h2-4,6,12,16H,5,7-11,13-14H2,1H3. The van der Waals surface area contributed by atoms with Crippen LogP contribution in [0.5, 0.6) is 0 Å². The van der Waals surface area contributed by atoms with Gasteiger partial charge in [-0.25, -0.2) is 4.98 Å². The Morgan fingerprint density at radius 3 is 2.63 bits per heavy atom. The second-order valence-electron chi connectivity index (χ2n) is 7.65. The molecule has 0 spiro atoms. The lowest BCUT2D eigenvalue weighted by Crippen LogP contribution is -2.38. The number of anilines is 2. The van der Waals surface area contributed by atoms with Crippen LogP contribution >= 0.6 is 0 Å². The average Bonchev–Trinajstić information content (AvgIpc) is 3.22. The van der Waals surface area contributed by atoms with Gasteiger partial charge in [-0.3, -0.25) is 9.88 Å². The molecule has 1 atom stereocenters.